The van der Waals surface area contributed by atoms with Gasteiger partial charge in [-0.15, -0.1) is 0 Å². The first-order valence-electron chi connectivity index (χ1n) is 5.00. The lowest BCUT2D eigenvalue weighted by atomic mass is 10.1. The van der Waals surface area contributed by atoms with E-state index in [0.29, 0.717) is 11.3 Å². The van der Waals surface area contributed by atoms with E-state index >= 15 is 0 Å². The van der Waals surface area contributed by atoms with Gasteiger partial charge in [0.05, 0.1) is 6.10 Å². The molecule has 0 spiro atoms. The highest BCUT2D eigenvalue weighted by atomic mass is 16.5. The average Bonchev–Trinajstić information content (AvgIpc) is 2.16. The molecule has 0 heterocycles. The topological polar surface area (TPSA) is 63.6 Å². The van der Waals surface area contributed by atoms with Crippen LogP contribution in [0.2, 0.25) is 0 Å². The van der Waals surface area contributed by atoms with Crippen LogP contribution in [0, 0.1) is 0 Å². The van der Waals surface area contributed by atoms with Crippen molar-refractivity contribution in [3.05, 3.63) is 29.8 Å². The van der Waals surface area contributed by atoms with Gasteiger partial charge in [-0.3, -0.25) is 9.59 Å². The number of benzene rings is 1. The van der Waals surface area contributed by atoms with Crippen molar-refractivity contribution in [1.82, 2.24) is 0 Å². The van der Waals surface area contributed by atoms with Gasteiger partial charge in [-0.1, -0.05) is 0 Å². The van der Waals surface area contributed by atoms with Crippen molar-refractivity contribution >= 4 is 11.8 Å². The summed E-state index contributed by atoms with van der Waals surface area (Å²) in [4.78, 5) is 21.7. The molecular weight excluding hydrogens is 208 g/mol. The summed E-state index contributed by atoms with van der Waals surface area (Å²) in [6.45, 7) is 3.81. The Labute approximate surface area is 93.9 Å². The molecule has 0 aliphatic carbocycles. The molecule has 0 radical (unpaired) electrons. The van der Waals surface area contributed by atoms with Crippen LogP contribution >= 0.6 is 0 Å². The average molecular weight is 222 g/mol. The molecule has 0 unspecified atom stereocenters. The van der Waals surface area contributed by atoms with Crippen LogP contribution in [0.5, 0.6) is 5.75 Å². The first-order chi connectivity index (χ1) is 7.49. The molecule has 1 N–H and O–H groups in total. The SMILES string of the molecule is CC(C)Oc1ccc(C(=O)CC(=O)O)cc1. The Morgan fingerprint density at radius 2 is 1.81 bits per heavy atom. The monoisotopic (exact) mass is 222 g/mol. The van der Waals surface area contributed by atoms with Gasteiger partial charge in [-0.25, -0.2) is 0 Å². The van der Waals surface area contributed by atoms with E-state index in [1.54, 1.807) is 24.3 Å². The number of rotatable bonds is 5. The van der Waals surface area contributed by atoms with Crippen LogP contribution < -0.4 is 4.74 Å². The highest BCUT2D eigenvalue weighted by Crippen LogP contribution is 2.14. The first kappa shape index (κ1) is 12.2. The van der Waals surface area contributed by atoms with Crippen molar-refractivity contribution in [3.8, 4) is 5.75 Å². The first-order valence-corrected chi connectivity index (χ1v) is 5.00. The minimum absolute atomic E-state index is 0.0700. The van der Waals surface area contributed by atoms with Gasteiger partial charge in [0.1, 0.15) is 12.2 Å². The van der Waals surface area contributed by atoms with Gasteiger partial charge in [0.15, 0.2) is 5.78 Å². The standard InChI is InChI=1S/C12H14O4/c1-8(2)16-10-5-3-9(4-6-10)11(13)7-12(14)15/h3-6,8H,7H2,1-2H3,(H,14,15). The number of carboxylic acid groups (broad SMARTS) is 1. The minimum Gasteiger partial charge on any atom is -0.491 e. The molecule has 0 saturated carbocycles. The van der Waals surface area contributed by atoms with E-state index < -0.39 is 18.2 Å². The number of Topliss-reactive ketones (excluding diaryl/α,β-unsaturated/α-hetero) is 1. The van der Waals surface area contributed by atoms with Crippen molar-refractivity contribution in [2.75, 3.05) is 0 Å². The zero-order chi connectivity index (χ0) is 12.1. The van der Waals surface area contributed by atoms with Gasteiger partial charge in [0.2, 0.25) is 0 Å². The molecule has 0 amide bonds. The van der Waals surface area contributed by atoms with Crippen LogP contribution in [-0.2, 0) is 4.79 Å². The van der Waals surface area contributed by atoms with Crippen LogP contribution in [0.4, 0.5) is 0 Å². The van der Waals surface area contributed by atoms with Gasteiger partial charge >= 0.3 is 5.97 Å². The second kappa shape index (κ2) is 5.30. The third-order valence-electron chi connectivity index (χ3n) is 1.86. The molecule has 4 nitrogen and oxygen atoms in total. The summed E-state index contributed by atoms with van der Waals surface area (Å²) in [6.07, 6.45) is -0.412. The quantitative estimate of drug-likeness (QED) is 0.612. The van der Waals surface area contributed by atoms with Crippen molar-refractivity contribution in [1.29, 1.82) is 0 Å². The number of aliphatic carboxylic acids is 1. The lowest BCUT2D eigenvalue weighted by Gasteiger charge is -2.09. The van der Waals surface area contributed by atoms with Gasteiger partial charge < -0.3 is 9.84 Å². The smallest absolute Gasteiger partial charge is 0.311 e. The summed E-state index contributed by atoms with van der Waals surface area (Å²) in [5, 5.41) is 8.47. The summed E-state index contributed by atoms with van der Waals surface area (Å²) < 4.78 is 5.40. The largest absolute Gasteiger partial charge is 0.491 e. The van der Waals surface area contributed by atoms with Crippen LogP contribution in [0.15, 0.2) is 24.3 Å². The summed E-state index contributed by atoms with van der Waals surface area (Å²) in [5.41, 5.74) is 0.388. The van der Waals surface area contributed by atoms with Crippen LogP contribution in [0.25, 0.3) is 0 Å². The summed E-state index contributed by atoms with van der Waals surface area (Å²) in [7, 11) is 0. The second-order valence-corrected chi connectivity index (χ2v) is 3.68. The molecule has 1 rings (SSSR count). The molecule has 1 aromatic rings. The van der Waals surface area contributed by atoms with E-state index in [9.17, 15) is 9.59 Å². The molecule has 0 saturated heterocycles. The Bertz CT molecular complexity index is 379. The van der Waals surface area contributed by atoms with E-state index in [0.717, 1.165) is 0 Å². The van der Waals surface area contributed by atoms with Gasteiger partial charge in [-0.05, 0) is 38.1 Å². The van der Waals surface area contributed by atoms with Crippen molar-refractivity contribution < 1.29 is 19.4 Å². The number of ketones is 1. The van der Waals surface area contributed by atoms with E-state index in [2.05, 4.69) is 0 Å². The van der Waals surface area contributed by atoms with Crippen molar-refractivity contribution in [2.24, 2.45) is 0 Å². The van der Waals surface area contributed by atoms with Crippen molar-refractivity contribution in [3.63, 3.8) is 0 Å². The lowest BCUT2D eigenvalue weighted by molar-refractivity contribution is -0.135. The zero-order valence-corrected chi connectivity index (χ0v) is 9.27. The molecule has 1 aromatic carbocycles. The Morgan fingerprint density at radius 3 is 2.25 bits per heavy atom. The van der Waals surface area contributed by atoms with E-state index in [4.69, 9.17) is 9.84 Å². The molecule has 16 heavy (non-hydrogen) atoms. The fraction of sp³-hybridized carbons (Fsp3) is 0.333. The summed E-state index contributed by atoms with van der Waals surface area (Å²) in [6, 6.07) is 6.47. The van der Waals surface area contributed by atoms with Crippen molar-refractivity contribution in [2.45, 2.75) is 26.4 Å². The van der Waals surface area contributed by atoms with Crippen LogP contribution in [-0.4, -0.2) is 23.0 Å². The maximum absolute atomic E-state index is 11.4. The molecule has 0 bridgehead atoms. The van der Waals surface area contributed by atoms with Gasteiger partial charge in [-0.2, -0.15) is 0 Å². The minimum atomic E-state index is -1.12. The molecule has 0 aliphatic heterocycles. The number of carbonyl (C=O) groups excluding carboxylic acids is 1. The zero-order valence-electron chi connectivity index (χ0n) is 9.27. The predicted octanol–water partition coefficient (Wildman–Crippen LogP) is 2.13. The number of carboxylic acids is 1. The van der Waals surface area contributed by atoms with Gasteiger partial charge in [0.25, 0.3) is 0 Å². The highest BCUT2D eigenvalue weighted by molar-refractivity contribution is 6.05. The maximum Gasteiger partial charge on any atom is 0.311 e. The number of ether oxygens (including phenoxy) is 1. The Kier molecular flexibility index (Phi) is 4.05. The maximum atomic E-state index is 11.4. The Morgan fingerprint density at radius 1 is 1.25 bits per heavy atom. The Balaban J connectivity index is 2.71. The molecule has 0 aliphatic rings. The molecule has 86 valence electrons. The fourth-order valence-corrected chi connectivity index (χ4v) is 1.23. The van der Waals surface area contributed by atoms with Gasteiger partial charge in [0, 0.05) is 5.56 Å². The predicted molar refractivity (Wildman–Crippen MR) is 58.8 cm³/mol. The normalized spacial score (nSPS) is 10.2. The number of hydrogen-bond acceptors (Lipinski definition) is 3. The van der Waals surface area contributed by atoms with E-state index in [1.165, 1.54) is 0 Å². The van der Waals surface area contributed by atoms with E-state index in [1.807, 2.05) is 13.8 Å². The summed E-state index contributed by atoms with van der Waals surface area (Å²) >= 11 is 0. The summed E-state index contributed by atoms with van der Waals surface area (Å²) in [5.74, 6) is -0.849. The molecule has 0 fully saturated rings. The molecule has 4 heteroatoms. The third-order valence-corrected chi connectivity index (χ3v) is 1.86. The molecule has 0 atom stereocenters. The molecule has 0 aromatic heterocycles. The second-order valence-electron chi connectivity index (χ2n) is 3.68. The fourth-order valence-electron chi connectivity index (χ4n) is 1.23. The van der Waals surface area contributed by atoms with Crippen LogP contribution in [0.1, 0.15) is 30.6 Å². The highest BCUT2D eigenvalue weighted by Gasteiger charge is 2.10. The van der Waals surface area contributed by atoms with E-state index in [-0.39, 0.29) is 6.10 Å². The number of hydrogen-bond donors (Lipinski definition) is 1. The number of carbonyl (C=O) groups is 2. The lowest BCUT2D eigenvalue weighted by Crippen LogP contribution is -2.08. The third kappa shape index (κ3) is 3.73. The van der Waals surface area contributed by atoms with Crippen LogP contribution in [0.3, 0.4) is 0 Å². The Hall–Kier alpha value is -1.84. The molecular formula is C12H14O4.